The number of nitriles is 1. The molecule has 3 aromatic heterocycles. The second-order valence-corrected chi connectivity index (χ2v) is 7.66. The first kappa shape index (κ1) is 19.7. The number of fused-ring (bicyclic) bond motifs is 2. The van der Waals surface area contributed by atoms with Crippen LogP contribution in [0.2, 0.25) is 0 Å². The standard InChI is InChI=1S/C22H13FN6O2S/c23-13-5-7-14(8-6-13)29-21-16(10-27-29)22(26-12-25-21)32-11-19(30)28-20-15-3-1-2-4-17(15)31-18(20)9-24/h1-8,10,12H,11H2,(H,28,30). The van der Waals surface area contributed by atoms with Gasteiger partial charge < -0.3 is 9.73 Å². The summed E-state index contributed by atoms with van der Waals surface area (Å²) in [5.74, 6) is -0.546. The van der Waals surface area contributed by atoms with Crippen LogP contribution in [-0.2, 0) is 4.79 Å². The lowest BCUT2D eigenvalue weighted by molar-refractivity contribution is -0.113. The number of anilines is 1. The predicted octanol–water partition coefficient (Wildman–Crippen LogP) is 4.30. The van der Waals surface area contributed by atoms with Gasteiger partial charge in [-0.25, -0.2) is 19.0 Å². The van der Waals surface area contributed by atoms with Crippen LogP contribution in [0.4, 0.5) is 10.1 Å². The molecule has 10 heteroatoms. The van der Waals surface area contributed by atoms with Crippen LogP contribution in [0.25, 0.3) is 27.7 Å². The Labute approximate surface area is 184 Å². The Morgan fingerprint density at radius 3 is 2.78 bits per heavy atom. The van der Waals surface area contributed by atoms with Gasteiger partial charge in [-0.15, -0.1) is 0 Å². The largest absolute Gasteiger partial charge is 0.443 e. The Morgan fingerprint density at radius 2 is 1.97 bits per heavy atom. The first-order valence-corrected chi connectivity index (χ1v) is 10.4. The van der Waals surface area contributed by atoms with Gasteiger partial charge in [0.15, 0.2) is 5.65 Å². The molecule has 5 aromatic rings. The van der Waals surface area contributed by atoms with E-state index in [1.54, 1.807) is 47.3 Å². The zero-order valence-corrected chi connectivity index (χ0v) is 17.1. The number of hydrogen-bond acceptors (Lipinski definition) is 7. The average molecular weight is 444 g/mol. The molecule has 0 unspecified atom stereocenters. The number of halogens is 1. The maximum atomic E-state index is 13.2. The lowest BCUT2D eigenvalue weighted by Crippen LogP contribution is -2.14. The van der Waals surface area contributed by atoms with Gasteiger partial charge in [-0.3, -0.25) is 4.79 Å². The Morgan fingerprint density at radius 1 is 1.16 bits per heavy atom. The van der Waals surface area contributed by atoms with Crippen LogP contribution < -0.4 is 5.32 Å². The summed E-state index contributed by atoms with van der Waals surface area (Å²) in [6.45, 7) is 0. The molecular weight excluding hydrogens is 431 g/mol. The molecular formula is C22H13FN6O2S. The van der Waals surface area contributed by atoms with Gasteiger partial charge in [0.1, 0.15) is 34.5 Å². The minimum atomic E-state index is -0.341. The van der Waals surface area contributed by atoms with E-state index in [9.17, 15) is 14.4 Å². The van der Waals surface area contributed by atoms with E-state index in [2.05, 4.69) is 20.4 Å². The van der Waals surface area contributed by atoms with Crippen molar-refractivity contribution >= 4 is 45.4 Å². The van der Waals surface area contributed by atoms with Crippen molar-refractivity contribution in [1.82, 2.24) is 19.7 Å². The number of benzene rings is 2. The highest BCUT2D eigenvalue weighted by Gasteiger charge is 2.17. The summed E-state index contributed by atoms with van der Waals surface area (Å²) < 4.78 is 20.3. The molecule has 32 heavy (non-hydrogen) atoms. The third kappa shape index (κ3) is 3.55. The summed E-state index contributed by atoms with van der Waals surface area (Å²) in [5.41, 5.74) is 2.08. The quantitative estimate of drug-likeness (QED) is 0.318. The number of nitrogens with one attached hydrogen (secondary N) is 1. The van der Waals surface area contributed by atoms with E-state index < -0.39 is 0 Å². The van der Waals surface area contributed by atoms with Gasteiger partial charge in [0.2, 0.25) is 11.7 Å². The summed E-state index contributed by atoms with van der Waals surface area (Å²) >= 11 is 1.22. The maximum Gasteiger partial charge on any atom is 0.234 e. The molecule has 1 amide bonds. The number of carbonyl (C=O) groups is 1. The average Bonchev–Trinajstić information content (AvgIpc) is 3.40. The van der Waals surface area contributed by atoms with Gasteiger partial charge in [-0.05, 0) is 36.4 Å². The van der Waals surface area contributed by atoms with Crippen LogP contribution in [0.3, 0.4) is 0 Å². The SMILES string of the molecule is N#Cc1oc2ccccc2c1NC(=O)CSc1ncnc2c1cnn2-c1ccc(F)cc1. The second-order valence-electron chi connectivity index (χ2n) is 6.70. The summed E-state index contributed by atoms with van der Waals surface area (Å²) in [7, 11) is 0. The molecule has 0 saturated heterocycles. The van der Waals surface area contributed by atoms with E-state index in [-0.39, 0.29) is 23.2 Å². The molecule has 1 N–H and O–H groups in total. The van der Waals surface area contributed by atoms with Crippen molar-refractivity contribution in [1.29, 1.82) is 5.26 Å². The van der Waals surface area contributed by atoms with E-state index in [0.29, 0.717) is 38.4 Å². The molecule has 0 fully saturated rings. The lowest BCUT2D eigenvalue weighted by atomic mass is 10.2. The molecule has 0 spiro atoms. The topological polar surface area (TPSA) is 110 Å². The number of thioether (sulfide) groups is 1. The third-order valence-corrected chi connectivity index (χ3v) is 5.71. The number of amides is 1. The van der Waals surface area contributed by atoms with E-state index in [1.165, 1.54) is 30.2 Å². The van der Waals surface area contributed by atoms with Gasteiger partial charge >= 0.3 is 0 Å². The van der Waals surface area contributed by atoms with Crippen LogP contribution in [0.5, 0.6) is 0 Å². The Hall–Kier alpha value is -4.23. The van der Waals surface area contributed by atoms with Crippen LogP contribution in [0.15, 0.2) is 70.5 Å². The van der Waals surface area contributed by atoms with E-state index in [1.807, 2.05) is 6.07 Å². The van der Waals surface area contributed by atoms with Crippen LogP contribution >= 0.6 is 11.8 Å². The van der Waals surface area contributed by atoms with Crippen molar-refractivity contribution in [3.05, 3.63) is 72.6 Å². The normalized spacial score (nSPS) is 11.0. The number of para-hydroxylation sites is 1. The molecule has 5 rings (SSSR count). The van der Waals surface area contributed by atoms with Crippen molar-refractivity contribution in [3.63, 3.8) is 0 Å². The number of aromatic nitrogens is 4. The number of carbonyl (C=O) groups excluding carboxylic acids is 1. The smallest absolute Gasteiger partial charge is 0.234 e. The van der Waals surface area contributed by atoms with Crippen LogP contribution in [-0.4, -0.2) is 31.4 Å². The minimum Gasteiger partial charge on any atom is -0.443 e. The van der Waals surface area contributed by atoms with Crippen molar-refractivity contribution in [2.45, 2.75) is 5.03 Å². The maximum absolute atomic E-state index is 13.2. The predicted molar refractivity (Wildman–Crippen MR) is 117 cm³/mol. The number of hydrogen-bond donors (Lipinski definition) is 1. The van der Waals surface area contributed by atoms with Gasteiger partial charge in [0.05, 0.1) is 23.0 Å². The van der Waals surface area contributed by atoms with Crippen molar-refractivity contribution in [2.24, 2.45) is 0 Å². The van der Waals surface area contributed by atoms with Crippen LogP contribution in [0, 0.1) is 17.1 Å². The summed E-state index contributed by atoms with van der Waals surface area (Å²) in [6, 6.07) is 15.0. The molecule has 8 nitrogen and oxygen atoms in total. The van der Waals surface area contributed by atoms with Gasteiger partial charge in [0, 0.05) is 5.39 Å². The second kappa shape index (κ2) is 8.13. The number of nitrogens with zero attached hydrogens (tertiary/aromatic N) is 5. The number of furan rings is 1. The van der Waals surface area contributed by atoms with E-state index in [4.69, 9.17) is 4.42 Å². The Bertz CT molecular complexity index is 1500. The Kier molecular flexibility index (Phi) is 5.01. The van der Waals surface area contributed by atoms with Crippen molar-refractivity contribution in [2.75, 3.05) is 11.1 Å². The monoisotopic (exact) mass is 444 g/mol. The zero-order valence-electron chi connectivity index (χ0n) is 16.3. The molecule has 2 aromatic carbocycles. The fourth-order valence-corrected chi connectivity index (χ4v) is 4.03. The highest BCUT2D eigenvalue weighted by Crippen LogP contribution is 2.31. The molecule has 0 saturated carbocycles. The van der Waals surface area contributed by atoms with E-state index >= 15 is 0 Å². The van der Waals surface area contributed by atoms with Gasteiger partial charge in [-0.1, -0.05) is 23.9 Å². The summed E-state index contributed by atoms with van der Waals surface area (Å²) in [5, 5.41) is 18.3. The first-order chi connectivity index (χ1) is 15.6. The molecule has 0 aliphatic heterocycles. The van der Waals surface area contributed by atoms with Crippen molar-refractivity contribution < 1.29 is 13.6 Å². The fraction of sp³-hybridized carbons (Fsp3) is 0.0455. The van der Waals surface area contributed by atoms with E-state index in [0.717, 1.165) is 0 Å². The Balaban J connectivity index is 1.36. The first-order valence-electron chi connectivity index (χ1n) is 9.43. The highest BCUT2D eigenvalue weighted by molar-refractivity contribution is 8.00. The molecule has 3 heterocycles. The molecule has 156 valence electrons. The zero-order chi connectivity index (χ0) is 22.1. The molecule has 0 aliphatic rings. The molecule has 0 atom stereocenters. The minimum absolute atomic E-state index is 0.0505. The summed E-state index contributed by atoms with van der Waals surface area (Å²) in [4.78, 5) is 21.2. The van der Waals surface area contributed by atoms with Crippen molar-refractivity contribution in [3.8, 4) is 11.8 Å². The third-order valence-electron chi connectivity index (χ3n) is 4.70. The fourth-order valence-electron chi connectivity index (χ4n) is 3.27. The summed E-state index contributed by atoms with van der Waals surface area (Å²) in [6.07, 6.45) is 3.00. The van der Waals surface area contributed by atoms with Gasteiger partial charge in [-0.2, -0.15) is 10.4 Å². The lowest BCUT2D eigenvalue weighted by Gasteiger charge is -2.05. The molecule has 0 aliphatic carbocycles. The molecule has 0 bridgehead atoms. The van der Waals surface area contributed by atoms with Gasteiger partial charge in [0.25, 0.3) is 0 Å². The highest BCUT2D eigenvalue weighted by atomic mass is 32.2. The number of rotatable bonds is 5. The molecule has 0 radical (unpaired) electrons. The van der Waals surface area contributed by atoms with Crippen LogP contribution in [0.1, 0.15) is 5.76 Å².